The maximum absolute atomic E-state index is 6.45. The fourth-order valence-electron chi connectivity index (χ4n) is 7.60. The third-order valence-electron chi connectivity index (χ3n) is 9.79. The molecule has 0 aliphatic heterocycles. The molecule has 0 spiro atoms. The summed E-state index contributed by atoms with van der Waals surface area (Å²) in [5.74, 6) is 1.70. The molecule has 4 heterocycles. The predicted octanol–water partition coefficient (Wildman–Crippen LogP) is 10.8. The summed E-state index contributed by atoms with van der Waals surface area (Å²) < 4.78 is 10.8. The molecule has 0 fully saturated rings. The zero-order valence-electron chi connectivity index (χ0n) is 26.1. The van der Waals surface area contributed by atoms with Crippen molar-refractivity contribution in [1.82, 2.24) is 24.1 Å². The average Bonchev–Trinajstić information content (AvgIpc) is 3.83. The van der Waals surface area contributed by atoms with Gasteiger partial charge in [0, 0.05) is 43.3 Å². The molecule has 0 radical (unpaired) electrons. The Kier molecular flexibility index (Phi) is 5.29. The fourth-order valence-corrected chi connectivity index (χ4v) is 7.60. The van der Waals surface area contributed by atoms with E-state index >= 15 is 0 Å². The minimum atomic E-state index is 0.557. The number of hydrogen-bond acceptors (Lipinski definition) is 4. The third kappa shape index (κ3) is 3.74. The summed E-state index contributed by atoms with van der Waals surface area (Å²) >= 11 is 0. The summed E-state index contributed by atoms with van der Waals surface area (Å²) in [6, 6.07) is 52.6. The lowest BCUT2D eigenvalue weighted by Crippen LogP contribution is -2.10. The maximum atomic E-state index is 6.45. The summed E-state index contributed by atoms with van der Waals surface area (Å²) in [6.45, 7) is 0. The van der Waals surface area contributed by atoms with Gasteiger partial charge >= 0.3 is 0 Å². The van der Waals surface area contributed by atoms with Crippen LogP contribution in [0.5, 0.6) is 0 Å². The molecule has 0 aliphatic carbocycles. The molecule has 49 heavy (non-hydrogen) atoms. The van der Waals surface area contributed by atoms with E-state index in [1.165, 1.54) is 0 Å². The summed E-state index contributed by atoms with van der Waals surface area (Å²) in [5, 5.41) is 8.90. The number of benzene rings is 7. The minimum absolute atomic E-state index is 0.557. The number of rotatable bonds is 3. The van der Waals surface area contributed by atoms with Gasteiger partial charge in [-0.3, -0.25) is 9.13 Å². The Labute approximate surface area is 279 Å². The largest absolute Gasteiger partial charge is 0.455 e. The van der Waals surface area contributed by atoms with Crippen LogP contribution in [0.25, 0.3) is 99.6 Å². The molecular weight excluding hydrogens is 603 g/mol. The van der Waals surface area contributed by atoms with Gasteiger partial charge in [-0.15, -0.1) is 0 Å². The van der Waals surface area contributed by atoms with Gasteiger partial charge in [-0.05, 0) is 47.9 Å². The maximum Gasteiger partial charge on any atom is 0.240 e. The van der Waals surface area contributed by atoms with Crippen LogP contribution in [-0.2, 0) is 0 Å². The zero-order chi connectivity index (χ0) is 32.1. The Morgan fingerprint density at radius 3 is 1.41 bits per heavy atom. The van der Waals surface area contributed by atoms with Crippen molar-refractivity contribution in [3.05, 3.63) is 152 Å². The summed E-state index contributed by atoms with van der Waals surface area (Å²) in [6.07, 6.45) is 0. The number of nitrogens with zero attached hydrogens (tertiary/aromatic N) is 5. The minimum Gasteiger partial charge on any atom is -0.455 e. The van der Waals surface area contributed by atoms with Crippen LogP contribution in [0.4, 0.5) is 0 Å². The standard InChI is InChI=1S/C43H25N5O/c1-6-16-35-28(11-1)29-12-2-7-17-36(29)47(35)42-44-41(45-43(46-42)48-37-18-8-3-13-30(37)31-14-4-9-19-38(31)48)27-22-21-26-23-24-33-32-15-5-10-20-39(32)49-40(33)34(26)25-27/h1-25H. The highest BCUT2D eigenvalue weighted by atomic mass is 16.3. The Morgan fingerprint density at radius 2 is 0.857 bits per heavy atom. The lowest BCUT2D eigenvalue weighted by molar-refractivity contribution is 0.672. The molecule has 11 aromatic rings. The van der Waals surface area contributed by atoms with E-state index in [2.05, 4.69) is 149 Å². The Balaban J connectivity index is 1.24. The fraction of sp³-hybridized carbons (Fsp3) is 0. The molecule has 7 aromatic carbocycles. The summed E-state index contributed by atoms with van der Waals surface area (Å²) in [5.41, 5.74) is 6.77. The van der Waals surface area contributed by atoms with Crippen LogP contribution < -0.4 is 0 Å². The van der Waals surface area contributed by atoms with Gasteiger partial charge in [0.1, 0.15) is 11.2 Å². The highest BCUT2D eigenvalue weighted by Crippen LogP contribution is 2.37. The number of para-hydroxylation sites is 5. The first-order chi connectivity index (χ1) is 24.3. The van der Waals surface area contributed by atoms with Crippen molar-refractivity contribution in [3.8, 4) is 23.3 Å². The second-order valence-electron chi connectivity index (χ2n) is 12.5. The molecule has 0 atom stereocenters. The SMILES string of the molecule is c1ccc2c(c1)oc1c3cc(-c4nc(-n5c6ccccc6c6ccccc65)nc(-n5c6ccccc6c6ccccc65)n4)ccc3ccc21. The highest BCUT2D eigenvalue weighted by Gasteiger charge is 2.21. The lowest BCUT2D eigenvalue weighted by atomic mass is 10.0. The highest BCUT2D eigenvalue weighted by molar-refractivity contribution is 6.15. The van der Waals surface area contributed by atoms with Crippen molar-refractivity contribution in [2.75, 3.05) is 0 Å². The molecule has 11 rings (SSSR count). The van der Waals surface area contributed by atoms with Crippen LogP contribution in [0, 0.1) is 0 Å². The van der Waals surface area contributed by atoms with Gasteiger partial charge in [-0.2, -0.15) is 15.0 Å². The van der Waals surface area contributed by atoms with Gasteiger partial charge in [0.05, 0.1) is 22.1 Å². The summed E-state index contributed by atoms with van der Waals surface area (Å²) in [7, 11) is 0. The van der Waals surface area contributed by atoms with E-state index < -0.39 is 0 Å². The number of fused-ring (bicyclic) bond motifs is 11. The number of aromatic nitrogens is 5. The van der Waals surface area contributed by atoms with Crippen LogP contribution in [0.3, 0.4) is 0 Å². The second kappa shape index (κ2) is 9.86. The second-order valence-corrected chi connectivity index (χ2v) is 12.5. The molecule has 0 saturated heterocycles. The predicted molar refractivity (Wildman–Crippen MR) is 199 cm³/mol. The van der Waals surface area contributed by atoms with Crippen molar-refractivity contribution in [3.63, 3.8) is 0 Å². The van der Waals surface area contributed by atoms with Gasteiger partial charge in [-0.25, -0.2) is 0 Å². The van der Waals surface area contributed by atoms with E-state index in [9.17, 15) is 0 Å². The van der Waals surface area contributed by atoms with Crippen molar-refractivity contribution in [2.24, 2.45) is 0 Å². The van der Waals surface area contributed by atoms with Gasteiger partial charge in [0.25, 0.3) is 0 Å². The van der Waals surface area contributed by atoms with E-state index in [4.69, 9.17) is 19.4 Å². The summed E-state index contributed by atoms with van der Waals surface area (Å²) in [4.78, 5) is 15.8. The normalized spacial score (nSPS) is 12.1. The van der Waals surface area contributed by atoms with Gasteiger partial charge in [0.2, 0.25) is 11.9 Å². The van der Waals surface area contributed by atoms with E-state index in [1.54, 1.807) is 0 Å². The van der Waals surface area contributed by atoms with Crippen LogP contribution in [0.15, 0.2) is 156 Å². The molecule has 0 N–H and O–H groups in total. The quantitative estimate of drug-likeness (QED) is 0.196. The lowest BCUT2D eigenvalue weighted by Gasteiger charge is -2.13. The van der Waals surface area contributed by atoms with Crippen molar-refractivity contribution >= 4 is 76.3 Å². The zero-order valence-corrected chi connectivity index (χ0v) is 26.1. The Morgan fingerprint density at radius 1 is 0.388 bits per heavy atom. The van der Waals surface area contributed by atoms with Gasteiger partial charge < -0.3 is 4.42 Å². The Hall–Kier alpha value is -6.79. The monoisotopic (exact) mass is 627 g/mol. The molecule has 0 amide bonds. The van der Waals surface area contributed by atoms with E-state index in [-0.39, 0.29) is 0 Å². The molecule has 228 valence electrons. The van der Waals surface area contributed by atoms with Crippen LogP contribution in [0.2, 0.25) is 0 Å². The molecule has 0 aliphatic rings. The first-order valence-corrected chi connectivity index (χ1v) is 16.4. The number of hydrogen-bond donors (Lipinski definition) is 0. The van der Waals surface area contributed by atoms with Crippen LogP contribution >= 0.6 is 0 Å². The van der Waals surface area contributed by atoms with Gasteiger partial charge in [0.15, 0.2) is 5.82 Å². The smallest absolute Gasteiger partial charge is 0.240 e. The molecule has 0 saturated carbocycles. The first-order valence-electron chi connectivity index (χ1n) is 16.4. The van der Waals surface area contributed by atoms with Crippen molar-refractivity contribution < 1.29 is 4.42 Å². The molecule has 6 nitrogen and oxygen atoms in total. The van der Waals surface area contributed by atoms with E-state index in [0.29, 0.717) is 17.7 Å². The molecule has 0 unspecified atom stereocenters. The van der Waals surface area contributed by atoms with Crippen molar-refractivity contribution in [1.29, 1.82) is 0 Å². The molecule has 6 heteroatoms. The molecule has 0 bridgehead atoms. The Bertz CT molecular complexity index is 2890. The molecule has 4 aromatic heterocycles. The van der Waals surface area contributed by atoms with Gasteiger partial charge in [-0.1, -0.05) is 109 Å². The third-order valence-corrected chi connectivity index (χ3v) is 9.79. The van der Waals surface area contributed by atoms with Crippen LogP contribution in [0.1, 0.15) is 0 Å². The molecular formula is C43H25N5O. The average molecular weight is 628 g/mol. The van der Waals surface area contributed by atoms with E-state index in [0.717, 1.165) is 81.9 Å². The number of furan rings is 1. The van der Waals surface area contributed by atoms with Crippen LogP contribution in [-0.4, -0.2) is 24.1 Å². The van der Waals surface area contributed by atoms with Crippen molar-refractivity contribution in [2.45, 2.75) is 0 Å². The topological polar surface area (TPSA) is 61.7 Å². The van der Waals surface area contributed by atoms with E-state index in [1.807, 2.05) is 12.1 Å². The first kappa shape index (κ1) is 26.3.